The van der Waals surface area contributed by atoms with Gasteiger partial charge < -0.3 is 0 Å². The number of hydrogen-bond acceptors (Lipinski definition) is 5. The third kappa shape index (κ3) is 5.04. The van der Waals surface area contributed by atoms with Gasteiger partial charge in [-0.05, 0) is 49.4 Å². The summed E-state index contributed by atoms with van der Waals surface area (Å²) in [6, 6.07) is 19.9. The summed E-state index contributed by atoms with van der Waals surface area (Å²) in [6.45, 7) is 2.45. The summed E-state index contributed by atoms with van der Waals surface area (Å²) in [5, 5.41) is 0.693. The Balaban J connectivity index is 1.59. The van der Waals surface area contributed by atoms with Crippen LogP contribution in [0.5, 0.6) is 0 Å². The maximum absolute atomic E-state index is 13.2. The number of hydrogen-bond donors (Lipinski definition) is 0. The Kier molecular flexibility index (Phi) is 6.28. The van der Waals surface area contributed by atoms with Crippen molar-refractivity contribution in [2.24, 2.45) is 0 Å². The van der Waals surface area contributed by atoms with Gasteiger partial charge in [0.15, 0.2) is 5.13 Å². The van der Waals surface area contributed by atoms with Crippen LogP contribution in [0.15, 0.2) is 76.2 Å². The van der Waals surface area contributed by atoms with Crippen LogP contribution in [0, 0.1) is 6.92 Å². The van der Waals surface area contributed by atoms with Crippen molar-refractivity contribution < 1.29 is 4.79 Å². The number of thioether (sulfide) groups is 1. The van der Waals surface area contributed by atoms with Crippen molar-refractivity contribution in [1.82, 2.24) is 9.97 Å². The maximum Gasteiger partial charge on any atom is 0.239 e. The van der Waals surface area contributed by atoms with Crippen LogP contribution in [0.2, 0.25) is 0 Å². The Morgan fingerprint density at radius 2 is 1.97 bits per heavy atom. The van der Waals surface area contributed by atoms with Crippen LogP contribution >= 0.6 is 39.0 Å². The lowest BCUT2D eigenvalue weighted by molar-refractivity contribution is -0.116. The Morgan fingerprint density at radius 3 is 2.72 bits per heavy atom. The third-order valence-electron chi connectivity index (χ3n) is 4.30. The molecule has 0 aliphatic rings. The minimum absolute atomic E-state index is 0.0133. The Hall–Kier alpha value is -2.22. The number of carbonyl (C=O) groups is 1. The van der Waals surface area contributed by atoms with E-state index in [0.717, 1.165) is 25.3 Å². The fourth-order valence-corrected chi connectivity index (χ4v) is 5.08. The number of rotatable bonds is 6. The number of carbonyl (C=O) groups excluding carboxylic acids is 1. The second-order valence-electron chi connectivity index (χ2n) is 6.51. The van der Waals surface area contributed by atoms with Gasteiger partial charge in [0.2, 0.25) is 5.91 Å². The third-order valence-corrected chi connectivity index (χ3v) is 6.83. The highest BCUT2D eigenvalue weighted by molar-refractivity contribution is 9.10. The molecule has 2 heterocycles. The predicted octanol–water partition coefficient (Wildman–Crippen LogP) is 6.09. The molecule has 0 spiro atoms. The molecule has 0 saturated carbocycles. The molecule has 0 aliphatic heterocycles. The molecular weight excluding hydrogens is 466 g/mol. The van der Waals surface area contributed by atoms with E-state index in [1.165, 1.54) is 28.7 Å². The normalized spacial score (nSPS) is 11.0. The highest BCUT2D eigenvalue weighted by atomic mass is 79.9. The second kappa shape index (κ2) is 9.07. The molecule has 0 fully saturated rings. The molecule has 0 atom stereocenters. The Labute approximate surface area is 186 Å². The number of anilines is 1. The Bertz CT molecular complexity index is 1130. The predicted molar refractivity (Wildman–Crippen MR) is 125 cm³/mol. The molecule has 0 saturated heterocycles. The standard InChI is InChI=1S/C22H18BrN3OS2/c1-15-5-8-18(9-6-15)28-14-21(27)26(13-17-4-2-3-11-24-17)22-25-19-10-7-16(23)12-20(19)29-22/h2-12H,13-14H2,1H3. The van der Waals surface area contributed by atoms with E-state index in [2.05, 4.69) is 40.0 Å². The number of thiazole rings is 1. The zero-order valence-electron chi connectivity index (χ0n) is 15.7. The number of nitrogens with zero attached hydrogens (tertiary/aromatic N) is 3. The topological polar surface area (TPSA) is 46.1 Å². The summed E-state index contributed by atoms with van der Waals surface area (Å²) >= 11 is 6.56. The molecule has 0 aliphatic carbocycles. The fraction of sp³-hybridized carbons (Fsp3) is 0.136. The monoisotopic (exact) mass is 483 g/mol. The molecule has 0 N–H and O–H groups in total. The lowest BCUT2D eigenvalue weighted by atomic mass is 10.2. The van der Waals surface area contributed by atoms with Crippen molar-refractivity contribution in [3.8, 4) is 0 Å². The Morgan fingerprint density at radius 1 is 1.14 bits per heavy atom. The number of aryl methyl sites for hydroxylation is 1. The minimum atomic E-state index is 0.0133. The molecule has 0 unspecified atom stereocenters. The van der Waals surface area contributed by atoms with Crippen molar-refractivity contribution in [3.05, 3.63) is 82.6 Å². The first kappa shape index (κ1) is 20.1. The average molecular weight is 484 g/mol. The molecule has 1 amide bonds. The SMILES string of the molecule is Cc1ccc(SCC(=O)N(Cc2ccccn2)c2nc3ccc(Br)cc3s2)cc1. The van der Waals surface area contributed by atoms with Crippen LogP contribution in [0.1, 0.15) is 11.3 Å². The zero-order valence-corrected chi connectivity index (χ0v) is 18.9. The van der Waals surface area contributed by atoms with Crippen molar-refractivity contribution in [3.63, 3.8) is 0 Å². The lowest BCUT2D eigenvalue weighted by Crippen LogP contribution is -2.32. The van der Waals surface area contributed by atoms with E-state index in [9.17, 15) is 4.79 Å². The summed E-state index contributed by atoms with van der Waals surface area (Å²) in [7, 11) is 0. The number of halogens is 1. The van der Waals surface area contributed by atoms with Crippen LogP contribution in [0.3, 0.4) is 0 Å². The largest absolute Gasteiger partial charge is 0.281 e. The first-order valence-corrected chi connectivity index (χ1v) is 11.6. The summed E-state index contributed by atoms with van der Waals surface area (Å²) in [5.74, 6) is 0.356. The van der Waals surface area contributed by atoms with Crippen molar-refractivity contribution in [2.75, 3.05) is 10.7 Å². The highest BCUT2D eigenvalue weighted by Gasteiger charge is 2.21. The van der Waals surface area contributed by atoms with Gasteiger partial charge in [-0.3, -0.25) is 14.7 Å². The molecule has 29 heavy (non-hydrogen) atoms. The smallest absolute Gasteiger partial charge is 0.239 e. The molecule has 4 rings (SSSR count). The van der Waals surface area contributed by atoms with E-state index in [1.807, 2.05) is 48.5 Å². The molecule has 2 aromatic carbocycles. The highest BCUT2D eigenvalue weighted by Crippen LogP contribution is 2.32. The zero-order chi connectivity index (χ0) is 20.2. The molecule has 4 nitrogen and oxygen atoms in total. The van der Waals surface area contributed by atoms with Gasteiger partial charge in [0, 0.05) is 15.6 Å². The summed E-state index contributed by atoms with van der Waals surface area (Å²) < 4.78 is 2.04. The van der Waals surface area contributed by atoms with E-state index in [-0.39, 0.29) is 5.91 Å². The van der Waals surface area contributed by atoms with E-state index < -0.39 is 0 Å². The van der Waals surface area contributed by atoms with Gasteiger partial charge >= 0.3 is 0 Å². The lowest BCUT2D eigenvalue weighted by Gasteiger charge is -2.19. The summed E-state index contributed by atoms with van der Waals surface area (Å²) in [4.78, 5) is 25.1. The van der Waals surface area contributed by atoms with Crippen LogP contribution in [-0.2, 0) is 11.3 Å². The van der Waals surface area contributed by atoms with Gasteiger partial charge in [0.05, 0.1) is 28.2 Å². The molecule has 0 bridgehead atoms. The van der Waals surface area contributed by atoms with Gasteiger partial charge in [0.1, 0.15) is 0 Å². The first-order chi connectivity index (χ1) is 14.1. The van der Waals surface area contributed by atoms with E-state index >= 15 is 0 Å². The van der Waals surface area contributed by atoms with E-state index in [4.69, 9.17) is 4.98 Å². The minimum Gasteiger partial charge on any atom is -0.281 e. The van der Waals surface area contributed by atoms with Gasteiger partial charge in [-0.2, -0.15) is 0 Å². The summed E-state index contributed by atoms with van der Waals surface area (Å²) in [6.07, 6.45) is 1.74. The average Bonchev–Trinajstić information content (AvgIpc) is 3.15. The first-order valence-electron chi connectivity index (χ1n) is 9.04. The second-order valence-corrected chi connectivity index (χ2v) is 9.48. The number of fused-ring (bicyclic) bond motifs is 1. The van der Waals surface area contributed by atoms with Crippen molar-refractivity contribution >= 4 is 60.3 Å². The molecule has 146 valence electrons. The van der Waals surface area contributed by atoms with Crippen LogP contribution in [0.4, 0.5) is 5.13 Å². The number of pyridine rings is 1. The van der Waals surface area contributed by atoms with Crippen LogP contribution < -0.4 is 4.90 Å². The quantitative estimate of drug-likeness (QED) is 0.311. The molecular formula is C22H18BrN3OS2. The number of aromatic nitrogens is 2. The molecule has 2 aromatic heterocycles. The fourth-order valence-electron chi connectivity index (χ4n) is 2.78. The number of benzene rings is 2. The van der Waals surface area contributed by atoms with Gasteiger partial charge in [-0.25, -0.2) is 4.98 Å². The van der Waals surface area contributed by atoms with Crippen LogP contribution in [-0.4, -0.2) is 21.6 Å². The van der Waals surface area contributed by atoms with E-state index in [1.54, 1.807) is 11.1 Å². The molecule has 7 heteroatoms. The molecule has 0 radical (unpaired) electrons. The van der Waals surface area contributed by atoms with Crippen LogP contribution in [0.25, 0.3) is 10.2 Å². The van der Waals surface area contributed by atoms with Gasteiger partial charge in [-0.15, -0.1) is 11.8 Å². The number of amides is 1. The van der Waals surface area contributed by atoms with Gasteiger partial charge in [-0.1, -0.05) is 51.0 Å². The van der Waals surface area contributed by atoms with Crippen molar-refractivity contribution in [1.29, 1.82) is 0 Å². The molecule has 4 aromatic rings. The summed E-state index contributed by atoms with van der Waals surface area (Å²) in [5.41, 5.74) is 2.93. The van der Waals surface area contributed by atoms with E-state index in [0.29, 0.717) is 17.4 Å². The van der Waals surface area contributed by atoms with Crippen molar-refractivity contribution in [2.45, 2.75) is 18.4 Å². The van der Waals surface area contributed by atoms with Gasteiger partial charge in [0.25, 0.3) is 0 Å². The maximum atomic E-state index is 13.2.